The second-order valence-electron chi connectivity index (χ2n) is 11.0. The molecule has 9 nitrogen and oxygen atoms in total. The van der Waals surface area contributed by atoms with Gasteiger partial charge in [0.25, 0.3) is 5.91 Å². The number of piperidine rings is 1. The average Bonchev–Trinajstić information content (AvgIpc) is 3.41. The molecule has 0 spiro atoms. The van der Waals surface area contributed by atoms with Gasteiger partial charge in [0.2, 0.25) is 11.9 Å². The van der Waals surface area contributed by atoms with Crippen LogP contribution in [0.25, 0.3) is 0 Å². The van der Waals surface area contributed by atoms with Gasteiger partial charge in [-0.2, -0.15) is 4.98 Å². The molecule has 1 aromatic heterocycles. The Morgan fingerprint density at radius 3 is 2.51 bits per heavy atom. The van der Waals surface area contributed by atoms with E-state index >= 15 is 0 Å². The van der Waals surface area contributed by atoms with E-state index in [1.54, 1.807) is 11.1 Å². The summed E-state index contributed by atoms with van der Waals surface area (Å²) >= 11 is 0. The van der Waals surface area contributed by atoms with E-state index in [0.29, 0.717) is 24.1 Å². The van der Waals surface area contributed by atoms with Crippen molar-refractivity contribution >= 4 is 35.0 Å². The quantitative estimate of drug-likeness (QED) is 0.640. The van der Waals surface area contributed by atoms with Gasteiger partial charge in [0.1, 0.15) is 5.69 Å². The number of aryl methyl sites for hydroxylation is 1. The van der Waals surface area contributed by atoms with Crippen molar-refractivity contribution < 1.29 is 9.59 Å². The van der Waals surface area contributed by atoms with Crippen LogP contribution in [-0.2, 0) is 4.79 Å². The number of aromatic nitrogens is 2. The molecule has 1 aliphatic carbocycles. The second-order valence-corrected chi connectivity index (χ2v) is 11.0. The molecule has 0 radical (unpaired) electrons. The largest absolute Gasteiger partial charge is 0.351 e. The molecule has 3 aliphatic rings. The summed E-state index contributed by atoms with van der Waals surface area (Å²) in [5, 5.41) is 6.54. The molecule has 2 N–H and O–H groups in total. The third-order valence-electron chi connectivity index (χ3n) is 8.16. The van der Waals surface area contributed by atoms with Gasteiger partial charge in [0.15, 0.2) is 5.82 Å². The van der Waals surface area contributed by atoms with Crippen LogP contribution in [0.5, 0.6) is 0 Å². The number of carbonyl (C=O) groups is 2. The predicted molar refractivity (Wildman–Crippen MR) is 147 cm³/mol. The molecule has 2 aromatic rings. The number of hydrogen-bond donors (Lipinski definition) is 2. The molecular weight excluding hydrogens is 466 g/mol. The monoisotopic (exact) mass is 505 g/mol. The highest BCUT2D eigenvalue weighted by Gasteiger charge is 2.35. The Labute approximate surface area is 219 Å². The summed E-state index contributed by atoms with van der Waals surface area (Å²) in [4.78, 5) is 41.5. The molecule has 1 saturated heterocycles. The summed E-state index contributed by atoms with van der Waals surface area (Å²) in [7, 11) is 3.93. The first-order chi connectivity index (χ1) is 17.8. The molecule has 1 aromatic carbocycles. The van der Waals surface area contributed by atoms with Crippen LogP contribution in [0, 0.1) is 12.8 Å². The van der Waals surface area contributed by atoms with E-state index in [9.17, 15) is 9.59 Å². The van der Waals surface area contributed by atoms with Crippen molar-refractivity contribution in [2.75, 3.05) is 48.8 Å². The van der Waals surface area contributed by atoms with Crippen molar-refractivity contribution in [3.8, 4) is 0 Å². The second kappa shape index (κ2) is 10.7. The highest BCUT2D eigenvalue weighted by molar-refractivity contribution is 5.99. The Morgan fingerprint density at radius 1 is 1.08 bits per heavy atom. The Balaban J connectivity index is 1.35. The third kappa shape index (κ3) is 5.42. The fourth-order valence-corrected chi connectivity index (χ4v) is 5.81. The Kier molecular flexibility index (Phi) is 7.33. The van der Waals surface area contributed by atoms with Gasteiger partial charge in [0.05, 0.1) is 12.1 Å². The van der Waals surface area contributed by atoms with Crippen LogP contribution in [0.4, 0.5) is 23.1 Å². The van der Waals surface area contributed by atoms with Crippen molar-refractivity contribution in [3.05, 3.63) is 35.5 Å². The zero-order valence-corrected chi connectivity index (χ0v) is 22.5. The average molecular weight is 506 g/mol. The zero-order valence-electron chi connectivity index (χ0n) is 22.5. The SMILES string of the molecule is Cc1cc(C(=O)NC2CCN(C)CC2)ccc1Nc1ncc2c(n1)N(C1CCCC1)CC(C)C(=O)N2C. The summed E-state index contributed by atoms with van der Waals surface area (Å²) in [6.45, 7) is 6.66. The van der Waals surface area contributed by atoms with Gasteiger partial charge in [-0.25, -0.2) is 4.98 Å². The molecule has 1 saturated carbocycles. The first-order valence-corrected chi connectivity index (χ1v) is 13.6. The van der Waals surface area contributed by atoms with E-state index in [4.69, 9.17) is 4.98 Å². The van der Waals surface area contributed by atoms with Crippen LogP contribution in [0.1, 0.15) is 61.4 Å². The van der Waals surface area contributed by atoms with Crippen molar-refractivity contribution in [2.24, 2.45) is 5.92 Å². The minimum Gasteiger partial charge on any atom is -0.351 e. The summed E-state index contributed by atoms with van der Waals surface area (Å²) in [6, 6.07) is 6.30. The topological polar surface area (TPSA) is 93.7 Å². The molecule has 2 aliphatic heterocycles. The van der Waals surface area contributed by atoms with E-state index in [1.807, 2.05) is 39.1 Å². The van der Waals surface area contributed by atoms with Crippen molar-refractivity contribution in [1.82, 2.24) is 20.2 Å². The Hall–Kier alpha value is -3.20. The fourth-order valence-electron chi connectivity index (χ4n) is 5.81. The Morgan fingerprint density at radius 2 is 1.81 bits per heavy atom. The first-order valence-electron chi connectivity index (χ1n) is 13.6. The lowest BCUT2D eigenvalue weighted by Crippen LogP contribution is -2.43. The summed E-state index contributed by atoms with van der Waals surface area (Å²) in [6.07, 6.45) is 8.38. The van der Waals surface area contributed by atoms with E-state index in [0.717, 1.165) is 61.5 Å². The number of benzene rings is 1. The standard InChI is InChI=1S/C28H39N7O2/c1-18-15-20(26(36)30-21-11-13-33(3)14-12-21)9-10-23(18)31-28-29-16-24-25(32-28)35(22-7-5-6-8-22)17-19(2)27(37)34(24)4/h9-10,15-16,19,21-22H,5-8,11-14,17H2,1-4H3,(H,30,36)(H,29,31,32). The van der Waals surface area contributed by atoms with Gasteiger partial charge >= 0.3 is 0 Å². The molecule has 198 valence electrons. The molecule has 0 bridgehead atoms. The van der Waals surface area contributed by atoms with Gasteiger partial charge in [-0.1, -0.05) is 19.8 Å². The van der Waals surface area contributed by atoms with Crippen molar-refractivity contribution in [1.29, 1.82) is 0 Å². The summed E-state index contributed by atoms with van der Waals surface area (Å²) in [5.41, 5.74) is 3.22. The normalized spacial score (nSPS) is 21.6. The number of carbonyl (C=O) groups excluding carboxylic acids is 2. The van der Waals surface area contributed by atoms with Crippen LogP contribution in [0.2, 0.25) is 0 Å². The zero-order chi connectivity index (χ0) is 26.1. The number of likely N-dealkylation sites (tertiary alicyclic amines) is 1. The number of hydrogen-bond acceptors (Lipinski definition) is 7. The molecule has 2 amide bonds. The first kappa shape index (κ1) is 25.4. The van der Waals surface area contributed by atoms with Gasteiger partial charge in [0, 0.05) is 36.9 Å². The molecule has 2 fully saturated rings. The molecule has 3 heterocycles. The molecule has 1 unspecified atom stereocenters. The lowest BCUT2D eigenvalue weighted by atomic mass is 10.0. The van der Waals surface area contributed by atoms with E-state index in [1.165, 1.54) is 12.8 Å². The highest BCUT2D eigenvalue weighted by atomic mass is 16.2. The Bertz CT molecular complexity index is 1160. The van der Waals surface area contributed by atoms with Crippen molar-refractivity contribution in [2.45, 2.75) is 64.5 Å². The van der Waals surface area contributed by atoms with E-state index in [-0.39, 0.29) is 23.8 Å². The number of anilines is 4. The van der Waals surface area contributed by atoms with Gasteiger partial charge < -0.3 is 25.3 Å². The van der Waals surface area contributed by atoms with Crippen LogP contribution < -0.4 is 20.4 Å². The number of nitrogens with zero attached hydrogens (tertiary/aromatic N) is 5. The minimum atomic E-state index is -0.105. The molecule has 5 rings (SSSR count). The van der Waals surface area contributed by atoms with Gasteiger partial charge in [-0.15, -0.1) is 0 Å². The summed E-state index contributed by atoms with van der Waals surface area (Å²) < 4.78 is 0. The lowest BCUT2D eigenvalue weighted by Gasteiger charge is -2.31. The number of rotatable bonds is 5. The number of amides is 2. The molecule has 37 heavy (non-hydrogen) atoms. The molecular formula is C28H39N7O2. The third-order valence-corrected chi connectivity index (χ3v) is 8.16. The maximum Gasteiger partial charge on any atom is 0.251 e. The van der Waals surface area contributed by atoms with E-state index in [2.05, 4.69) is 32.5 Å². The number of nitrogens with one attached hydrogen (secondary N) is 2. The van der Waals surface area contributed by atoms with Crippen LogP contribution in [-0.4, -0.2) is 72.5 Å². The fraction of sp³-hybridized carbons (Fsp3) is 0.571. The lowest BCUT2D eigenvalue weighted by molar-refractivity contribution is -0.121. The molecule has 1 atom stereocenters. The van der Waals surface area contributed by atoms with Crippen molar-refractivity contribution in [3.63, 3.8) is 0 Å². The van der Waals surface area contributed by atoms with Gasteiger partial charge in [-0.05, 0) is 76.5 Å². The number of fused-ring (bicyclic) bond motifs is 1. The van der Waals surface area contributed by atoms with Crippen LogP contribution in [0.15, 0.2) is 24.4 Å². The smallest absolute Gasteiger partial charge is 0.251 e. The van der Waals surface area contributed by atoms with Crippen LogP contribution >= 0.6 is 0 Å². The minimum absolute atomic E-state index is 0.0282. The predicted octanol–water partition coefficient (Wildman–Crippen LogP) is 3.71. The van der Waals surface area contributed by atoms with E-state index < -0.39 is 0 Å². The maximum atomic E-state index is 12.9. The highest BCUT2D eigenvalue weighted by Crippen LogP contribution is 2.37. The molecule has 9 heteroatoms. The van der Waals surface area contributed by atoms with Crippen LogP contribution in [0.3, 0.4) is 0 Å². The maximum absolute atomic E-state index is 12.9. The van der Waals surface area contributed by atoms with Gasteiger partial charge in [-0.3, -0.25) is 9.59 Å². The summed E-state index contributed by atoms with van der Waals surface area (Å²) in [5.74, 6) is 1.27.